The van der Waals surface area contributed by atoms with Gasteiger partial charge in [0.15, 0.2) is 0 Å². The van der Waals surface area contributed by atoms with Crippen molar-refractivity contribution in [1.82, 2.24) is 9.21 Å². The van der Waals surface area contributed by atoms with Gasteiger partial charge in [-0.25, -0.2) is 13.2 Å². The van der Waals surface area contributed by atoms with Crippen LogP contribution in [-0.4, -0.2) is 60.3 Å². The molecule has 1 amide bonds. The molecule has 0 saturated carbocycles. The average Bonchev–Trinajstić information content (AvgIpc) is 2.68. The van der Waals surface area contributed by atoms with E-state index in [1.165, 1.54) is 21.3 Å². The SMILES string of the molecule is Cc1ccc(S(=O)(=O)N2CCCCC2)cc1C(=O)N1CCCCC1C(=O)O. The highest BCUT2D eigenvalue weighted by Crippen LogP contribution is 2.26. The van der Waals surface area contributed by atoms with Crippen molar-refractivity contribution in [2.24, 2.45) is 0 Å². The molecule has 1 N–H and O–H groups in total. The number of nitrogens with zero attached hydrogens (tertiary/aromatic N) is 2. The molecule has 0 spiro atoms. The van der Waals surface area contributed by atoms with E-state index in [4.69, 9.17) is 0 Å². The second-order valence-corrected chi connectivity index (χ2v) is 9.23. The van der Waals surface area contributed by atoms with Crippen LogP contribution in [0.4, 0.5) is 0 Å². The van der Waals surface area contributed by atoms with Crippen molar-refractivity contribution in [3.05, 3.63) is 29.3 Å². The summed E-state index contributed by atoms with van der Waals surface area (Å²) in [7, 11) is -3.65. The second-order valence-electron chi connectivity index (χ2n) is 7.29. The summed E-state index contributed by atoms with van der Waals surface area (Å²) >= 11 is 0. The molecule has 0 bridgehead atoms. The van der Waals surface area contributed by atoms with Gasteiger partial charge in [0, 0.05) is 25.2 Å². The molecule has 2 aliphatic heterocycles. The Morgan fingerprint density at radius 3 is 2.37 bits per heavy atom. The lowest BCUT2D eigenvalue weighted by molar-refractivity contribution is -0.143. The number of amides is 1. The number of aryl methyl sites for hydroxylation is 1. The van der Waals surface area contributed by atoms with Gasteiger partial charge >= 0.3 is 5.97 Å². The Balaban J connectivity index is 1.93. The van der Waals surface area contributed by atoms with Crippen LogP contribution < -0.4 is 0 Å². The van der Waals surface area contributed by atoms with Crippen molar-refractivity contribution >= 4 is 21.9 Å². The van der Waals surface area contributed by atoms with Gasteiger partial charge in [0.1, 0.15) is 6.04 Å². The minimum atomic E-state index is -3.65. The zero-order valence-electron chi connectivity index (χ0n) is 15.6. The van der Waals surface area contributed by atoms with Crippen LogP contribution in [0.25, 0.3) is 0 Å². The van der Waals surface area contributed by atoms with E-state index in [1.54, 1.807) is 13.0 Å². The summed E-state index contributed by atoms with van der Waals surface area (Å²) in [6.07, 6.45) is 4.64. The number of piperidine rings is 2. The van der Waals surface area contributed by atoms with Crippen LogP contribution in [-0.2, 0) is 14.8 Å². The van der Waals surface area contributed by atoms with Gasteiger partial charge in [0.05, 0.1) is 4.90 Å². The minimum Gasteiger partial charge on any atom is -0.480 e. The Morgan fingerprint density at radius 1 is 1.04 bits per heavy atom. The second kappa shape index (κ2) is 7.98. The maximum atomic E-state index is 13.0. The van der Waals surface area contributed by atoms with Crippen LogP contribution in [0.3, 0.4) is 0 Å². The maximum Gasteiger partial charge on any atom is 0.326 e. The zero-order chi connectivity index (χ0) is 19.6. The lowest BCUT2D eigenvalue weighted by Crippen LogP contribution is -2.48. The fourth-order valence-corrected chi connectivity index (χ4v) is 5.38. The molecule has 0 aliphatic carbocycles. The first-order valence-corrected chi connectivity index (χ1v) is 10.9. The lowest BCUT2D eigenvalue weighted by atomic mass is 9.99. The summed E-state index contributed by atoms with van der Waals surface area (Å²) in [5.41, 5.74) is 0.911. The monoisotopic (exact) mass is 394 g/mol. The number of likely N-dealkylation sites (tertiary alicyclic amines) is 1. The van der Waals surface area contributed by atoms with Gasteiger partial charge in [0.2, 0.25) is 10.0 Å². The quantitative estimate of drug-likeness (QED) is 0.845. The lowest BCUT2D eigenvalue weighted by Gasteiger charge is -2.33. The average molecular weight is 394 g/mol. The van der Waals surface area contributed by atoms with Crippen LogP contribution >= 0.6 is 0 Å². The van der Waals surface area contributed by atoms with E-state index in [-0.39, 0.29) is 10.5 Å². The molecule has 148 valence electrons. The standard InChI is InChI=1S/C19H26N2O5S/c1-14-8-9-15(27(25,26)20-10-4-2-5-11-20)13-16(14)18(22)21-12-6-3-7-17(21)19(23)24/h8-9,13,17H,2-7,10-12H2,1H3,(H,23,24). The summed E-state index contributed by atoms with van der Waals surface area (Å²) in [6.45, 7) is 3.10. The Morgan fingerprint density at radius 2 is 1.70 bits per heavy atom. The first-order chi connectivity index (χ1) is 12.8. The van der Waals surface area contributed by atoms with E-state index in [2.05, 4.69) is 0 Å². The van der Waals surface area contributed by atoms with Gasteiger partial charge in [-0.1, -0.05) is 12.5 Å². The van der Waals surface area contributed by atoms with Gasteiger partial charge in [-0.05, 0) is 56.7 Å². The molecular formula is C19H26N2O5S. The summed E-state index contributed by atoms with van der Waals surface area (Å²) in [4.78, 5) is 26.0. The summed E-state index contributed by atoms with van der Waals surface area (Å²) in [5.74, 6) is -1.42. The van der Waals surface area contributed by atoms with Crippen molar-refractivity contribution in [1.29, 1.82) is 0 Å². The predicted molar refractivity (Wildman–Crippen MR) is 100 cm³/mol. The summed E-state index contributed by atoms with van der Waals surface area (Å²) < 4.78 is 27.3. The number of sulfonamides is 1. The topological polar surface area (TPSA) is 95.0 Å². The first kappa shape index (κ1) is 19.8. The van der Waals surface area contributed by atoms with Crippen molar-refractivity contribution in [2.45, 2.75) is 56.4 Å². The van der Waals surface area contributed by atoms with E-state index < -0.39 is 27.9 Å². The third-order valence-electron chi connectivity index (χ3n) is 5.44. The fourth-order valence-electron chi connectivity index (χ4n) is 3.83. The highest BCUT2D eigenvalue weighted by molar-refractivity contribution is 7.89. The van der Waals surface area contributed by atoms with Gasteiger partial charge in [-0.2, -0.15) is 4.31 Å². The highest BCUT2D eigenvalue weighted by Gasteiger charge is 2.34. The van der Waals surface area contributed by atoms with Gasteiger partial charge in [0.25, 0.3) is 5.91 Å². The number of rotatable bonds is 4. The third kappa shape index (κ3) is 4.01. The van der Waals surface area contributed by atoms with Crippen LogP contribution in [0.2, 0.25) is 0 Å². The van der Waals surface area contributed by atoms with Gasteiger partial charge < -0.3 is 10.0 Å². The molecule has 0 aromatic heterocycles. The fraction of sp³-hybridized carbons (Fsp3) is 0.579. The van der Waals surface area contributed by atoms with E-state index in [0.29, 0.717) is 31.6 Å². The normalized spacial score (nSPS) is 21.8. The van der Waals surface area contributed by atoms with Crippen molar-refractivity contribution in [2.75, 3.05) is 19.6 Å². The number of aliphatic carboxylic acids is 1. The number of benzene rings is 1. The van der Waals surface area contributed by atoms with Crippen LogP contribution in [0, 0.1) is 6.92 Å². The van der Waals surface area contributed by atoms with Gasteiger partial charge in [-0.3, -0.25) is 4.79 Å². The molecule has 7 nitrogen and oxygen atoms in total. The molecule has 0 radical (unpaired) electrons. The zero-order valence-corrected chi connectivity index (χ0v) is 16.4. The summed E-state index contributed by atoms with van der Waals surface area (Å²) in [5, 5.41) is 9.43. The van der Waals surface area contributed by atoms with Crippen LogP contribution in [0.15, 0.2) is 23.1 Å². The van der Waals surface area contributed by atoms with Crippen LogP contribution in [0.5, 0.6) is 0 Å². The molecule has 2 saturated heterocycles. The molecule has 1 aromatic carbocycles. The van der Waals surface area contributed by atoms with Crippen LogP contribution in [0.1, 0.15) is 54.4 Å². The minimum absolute atomic E-state index is 0.0993. The predicted octanol–water partition coefficient (Wildman–Crippen LogP) is 2.25. The van der Waals surface area contributed by atoms with E-state index in [9.17, 15) is 23.1 Å². The molecule has 2 heterocycles. The highest BCUT2D eigenvalue weighted by atomic mass is 32.2. The smallest absolute Gasteiger partial charge is 0.326 e. The molecule has 1 atom stereocenters. The number of carboxylic acids is 1. The van der Waals surface area contributed by atoms with E-state index in [1.807, 2.05) is 0 Å². The molecule has 27 heavy (non-hydrogen) atoms. The molecule has 8 heteroatoms. The largest absolute Gasteiger partial charge is 0.480 e. The number of hydrogen-bond donors (Lipinski definition) is 1. The Labute approximate surface area is 160 Å². The molecular weight excluding hydrogens is 368 g/mol. The summed E-state index contributed by atoms with van der Waals surface area (Å²) in [6, 6.07) is 3.72. The third-order valence-corrected chi connectivity index (χ3v) is 7.34. The van der Waals surface area contributed by atoms with E-state index >= 15 is 0 Å². The Bertz CT molecular complexity index is 831. The maximum absolute atomic E-state index is 13.0. The number of carboxylic acid groups (broad SMARTS) is 1. The van der Waals surface area contributed by atoms with E-state index in [0.717, 1.165) is 32.1 Å². The van der Waals surface area contributed by atoms with Crippen molar-refractivity contribution < 1.29 is 23.1 Å². The number of carbonyl (C=O) groups is 2. The Hall–Kier alpha value is -1.93. The first-order valence-electron chi connectivity index (χ1n) is 9.47. The number of carbonyl (C=O) groups excluding carboxylic acids is 1. The van der Waals surface area contributed by atoms with Gasteiger partial charge in [-0.15, -0.1) is 0 Å². The molecule has 3 rings (SSSR count). The van der Waals surface area contributed by atoms with Crippen molar-refractivity contribution in [3.8, 4) is 0 Å². The molecule has 1 aromatic rings. The molecule has 1 unspecified atom stereocenters. The van der Waals surface area contributed by atoms with Crippen molar-refractivity contribution in [3.63, 3.8) is 0 Å². The molecule has 2 aliphatic rings. The Kier molecular flexibility index (Phi) is 5.86. The molecule has 2 fully saturated rings. The number of hydrogen-bond acceptors (Lipinski definition) is 4.